The van der Waals surface area contributed by atoms with Crippen LogP contribution in [0.1, 0.15) is 102 Å². The molecule has 0 heterocycles. The van der Waals surface area contributed by atoms with E-state index in [0.29, 0.717) is 17.3 Å². The molecule has 0 amide bonds. The van der Waals surface area contributed by atoms with Crippen LogP contribution in [0.15, 0.2) is 36.4 Å². The van der Waals surface area contributed by atoms with Crippen LogP contribution in [0.4, 0.5) is 13.2 Å². The predicted octanol–water partition coefficient (Wildman–Crippen LogP) is 8.93. The van der Waals surface area contributed by atoms with Crippen LogP contribution in [0, 0.1) is 29.1 Å². The van der Waals surface area contributed by atoms with Crippen molar-refractivity contribution in [2.24, 2.45) is 17.3 Å². The van der Waals surface area contributed by atoms with Crippen molar-refractivity contribution in [2.45, 2.75) is 96.6 Å². The zero-order valence-electron chi connectivity index (χ0n) is 19.1. The molecule has 170 valence electrons. The minimum atomic E-state index is -4.26. The Hall–Kier alpha value is -1.69. The van der Waals surface area contributed by atoms with Crippen molar-refractivity contribution in [3.05, 3.63) is 47.5 Å². The molecule has 1 aromatic carbocycles. The summed E-state index contributed by atoms with van der Waals surface area (Å²) >= 11 is 0. The Morgan fingerprint density at radius 1 is 0.968 bits per heavy atom. The van der Waals surface area contributed by atoms with Crippen LogP contribution in [-0.4, -0.2) is 0 Å². The van der Waals surface area contributed by atoms with Crippen LogP contribution >= 0.6 is 0 Å². The summed E-state index contributed by atoms with van der Waals surface area (Å²) in [6.07, 6.45) is 13.4. The Balaban J connectivity index is 1.51. The normalized spacial score (nSPS) is 29.5. The molecule has 2 aliphatic carbocycles. The largest absolute Gasteiger partial charge is 0.416 e. The Morgan fingerprint density at radius 2 is 1.61 bits per heavy atom. The maximum Gasteiger partial charge on any atom is 0.416 e. The molecule has 3 heteroatoms. The molecule has 0 nitrogen and oxygen atoms in total. The third-order valence-electron chi connectivity index (χ3n) is 7.67. The topological polar surface area (TPSA) is 0 Å². The minimum absolute atomic E-state index is 0.356. The Labute approximate surface area is 186 Å². The van der Waals surface area contributed by atoms with Gasteiger partial charge in [-0.3, -0.25) is 0 Å². The van der Waals surface area contributed by atoms with Crippen LogP contribution in [0.2, 0.25) is 0 Å². The molecule has 0 spiro atoms. The highest BCUT2D eigenvalue weighted by Crippen LogP contribution is 2.44. The number of allylic oxidation sites excluding steroid dienone is 2. The van der Waals surface area contributed by atoms with Crippen molar-refractivity contribution in [2.75, 3.05) is 0 Å². The van der Waals surface area contributed by atoms with Gasteiger partial charge in [-0.05, 0) is 98.8 Å². The van der Waals surface area contributed by atoms with E-state index >= 15 is 0 Å². The molecule has 0 aliphatic heterocycles. The van der Waals surface area contributed by atoms with Gasteiger partial charge in [0, 0.05) is 5.92 Å². The highest BCUT2D eigenvalue weighted by Gasteiger charge is 2.32. The standard InChI is InChI=1S/C28H37F3/c1-3-18-27(20-16-22(4-2)17-21-27)19-6-5-7-23-8-10-24(11-9-23)25-12-14-26(15-13-25)28(29,30)31/h6,12-15,19,22-24H,3-4,8-11,16-18,20-21H2,1-2H3/b19-6+/t22-,23?,24?,27-. The fraction of sp³-hybridized carbons (Fsp3) is 0.643. The lowest BCUT2D eigenvalue weighted by atomic mass is 9.67. The maximum absolute atomic E-state index is 12.8. The molecule has 0 saturated heterocycles. The second-order valence-electron chi connectivity index (χ2n) is 9.75. The highest BCUT2D eigenvalue weighted by molar-refractivity contribution is 5.28. The lowest BCUT2D eigenvalue weighted by Gasteiger charge is -2.38. The summed E-state index contributed by atoms with van der Waals surface area (Å²) in [7, 11) is 0. The maximum atomic E-state index is 12.8. The van der Waals surface area contributed by atoms with Gasteiger partial charge in [-0.25, -0.2) is 0 Å². The van der Waals surface area contributed by atoms with Crippen molar-refractivity contribution in [1.29, 1.82) is 0 Å². The van der Waals surface area contributed by atoms with Gasteiger partial charge in [0.15, 0.2) is 0 Å². The van der Waals surface area contributed by atoms with Crippen molar-refractivity contribution in [1.82, 2.24) is 0 Å². The predicted molar refractivity (Wildman–Crippen MR) is 123 cm³/mol. The number of hydrogen-bond acceptors (Lipinski definition) is 0. The monoisotopic (exact) mass is 430 g/mol. The van der Waals surface area contributed by atoms with Crippen LogP contribution in [-0.2, 0) is 6.18 Å². The molecule has 2 fully saturated rings. The number of hydrogen-bond donors (Lipinski definition) is 0. The van der Waals surface area contributed by atoms with E-state index in [1.54, 1.807) is 12.1 Å². The zero-order valence-corrected chi connectivity index (χ0v) is 19.1. The molecule has 0 unspecified atom stereocenters. The highest BCUT2D eigenvalue weighted by atomic mass is 19.4. The van der Waals surface area contributed by atoms with Crippen molar-refractivity contribution >= 4 is 0 Å². The van der Waals surface area contributed by atoms with Gasteiger partial charge < -0.3 is 0 Å². The van der Waals surface area contributed by atoms with Gasteiger partial charge in [0.25, 0.3) is 0 Å². The van der Waals surface area contributed by atoms with Crippen molar-refractivity contribution in [3.63, 3.8) is 0 Å². The smallest absolute Gasteiger partial charge is 0.166 e. The number of benzene rings is 1. The first kappa shape index (κ1) is 24.0. The van der Waals surface area contributed by atoms with Crippen LogP contribution < -0.4 is 0 Å². The molecule has 0 bridgehead atoms. The molecular weight excluding hydrogens is 393 g/mol. The first-order chi connectivity index (χ1) is 14.8. The van der Waals surface area contributed by atoms with Crippen LogP contribution in [0.5, 0.6) is 0 Å². The SMILES string of the molecule is CCC[C@]1(/C=C/C#CC2CCC(c3ccc(C(F)(F)F)cc3)CC2)CC[C@H](CC)CC1. The number of halogens is 3. The van der Waals surface area contributed by atoms with E-state index in [4.69, 9.17) is 0 Å². The Kier molecular flexibility index (Phi) is 8.31. The molecule has 1 aromatic rings. The van der Waals surface area contributed by atoms with E-state index in [9.17, 15) is 13.2 Å². The Morgan fingerprint density at radius 3 is 2.16 bits per heavy atom. The van der Waals surface area contributed by atoms with E-state index in [1.807, 2.05) is 0 Å². The summed E-state index contributed by atoms with van der Waals surface area (Å²) in [5, 5.41) is 0. The summed E-state index contributed by atoms with van der Waals surface area (Å²) < 4.78 is 38.3. The van der Waals surface area contributed by atoms with E-state index in [-0.39, 0.29) is 0 Å². The first-order valence-corrected chi connectivity index (χ1v) is 12.2. The molecule has 2 saturated carbocycles. The van der Waals surface area contributed by atoms with Gasteiger partial charge in [0.1, 0.15) is 0 Å². The summed E-state index contributed by atoms with van der Waals surface area (Å²) in [5.41, 5.74) is 0.824. The average Bonchev–Trinajstić information content (AvgIpc) is 2.77. The molecule has 0 N–H and O–H groups in total. The van der Waals surface area contributed by atoms with Gasteiger partial charge >= 0.3 is 6.18 Å². The van der Waals surface area contributed by atoms with Crippen molar-refractivity contribution in [3.8, 4) is 11.8 Å². The summed E-state index contributed by atoms with van der Waals surface area (Å²) in [4.78, 5) is 0. The summed E-state index contributed by atoms with van der Waals surface area (Å²) in [6, 6.07) is 5.74. The fourth-order valence-corrected chi connectivity index (χ4v) is 5.56. The zero-order chi connectivity index (χ0) is 22.3. The van der Waals surface area contributed by atoms with E-state index < -0.39 is 11.7 Å². The summed E-state index contributed by atoms with van der Waals surface area (Å²) in [5.74, 6) is 8.47. The third kappa shape index (κ3) is 6.64. The van der Waals surface area contributed by atoms with Crippen molar-refractivity contribution < 1.29 is 13.2 Å². The molecule has 0 atom stereocenters. The number of alkyl halides is 3. The van der Waals surface area contributed by atoms with Crippen LogP contribution in [0.25, 0.3) is 0 Å². The Bertz CT molecular complexity index is 759. The second kappa shape index (κ2) is 10.8. The lowest BCUT2D eigenvalue weighted by molar-refractivity contribution is -0.137. The lowest BCUT2D eigenvalue weighted by Crippen LogP contribution is -2.25. The van der Waals surface area contributed by atoms with Gasteiger partial charge in [-0.2, -0.15) is 13.2 Å². The molecule has 0 aromatic heterocycles. The third-order valence-corrected chi connectivity index (χ3v) is 7.67. The molecule has 0 radical (unpaired) electrons. The average molecular weight is 431 g/mol. The van der Waals surface area contributed by atoms with Gasteiger partial charge in [-0.15, -0.1) is 0 Å². The molecule has 31 heavy (non-hydrogen) atoms. The van der Waals surface area contributed by atoms with Gasteiger partial charge in [-0.1, -0.05) is 56.7 Å². The fourth-order valence-electron chi connectivity index (χ4n) is 5.56. The number of rotatable bonds is 5. The molecule has 3 rings (SSSR count). The van der Waals surface area contributed by atoms with E-state index in [2.05, 4.69) is 37.8 Å². The second-order valence-corrected chi connectivity index (χ2v) is 9.75. The molecular formula is C28H37F3. The van der Waals surface area contributed by atoms with Gasteiger partial charge in [0.05, 0.1) is 5.56 Å². The molecule has 2 aliphatic rings. The van der Waals surface area contributed by atoms with Gasteiger partial charge in [0.2, 0.25) is 0 Å². The first-order valence-electron chi connectivity index (χ1n) is 12.2. The minimum Gasteiger partial charge on any atom is -0.166 e. The van der Waals surface area contributed by atoms with E-state index in [1.165, 1.54) is 57.1 Å². The quantitative estimate of drug-likeness (QED) is 0.409. The summed E-state index contributed by atoms with van der Waals surface area (Å²) in [6.45, 7) is 4.59. The van der Waals surface area contributed by atoms with E-state index in [0.717, 1.165) is 37.2 Å². The van der Waals surface area contributed by atoms with Crippen LogP contribution in [0.3, 0.4) is 0 Å².